The van der Waals surface area contributed by atoms with Gasteiger partial charge in [0.15, 0.2) is 10.8 Å². The number of hydrogen-bond donors (Lipinski definition) is 1. The van der Waals surface area contributed by atoms with Gasteiger partial charge in [-0.05, 0) is 24.8 Å². The van der Waals surface area contributed by atoms with Gasteiger partial charge in [0.2, 0.25) is 5.91 Å². The van der Waals surface area contributed by atoms with E-state index in [1.54, 1.807) is 11.8 Å². The molecule has 0 radical (unpaired) electrons. The Hall–Kier alpha value is -2.65. The summed E-state index contributed by atoms with van der Waals surface area (Å²) in [4.78, 5) is 24.2. The molecular weight excluding hydrogens is 436 g/mol. The van der Waals surface area contributed by atoms with Crippen molar-refractivity contribution in [2.45, 2.75) is 44.3 Å². The molecule has 1 aromatic carbocycles. The molecule has 0 spiro atoms. The van der Waals surface area contributed by atoms with Gasteiger partial charge in [-0.25, -0.2) is 14.6 Å². The Bertz CT molecular complexity index is 1040. The first-order chi connectivity index (χ1) is 16.2. The molecule has 33 heavy (non-hydrogen) atoms. The van der Waals surface area contributed by atoms with Gasteiger partial charge < -0.3 is 15.0 Å². The molecule has 1 saturated heterocycles. The Labute approximate surface area is 199 Å². The lowest BCUT2D eigenvalue weighted by molar-refractivity contribution is -0.121. The predicted octanol–water partition coefficient (Wildman–Crippen LogP) is 3.30. The van der Waals surface area contributed by atoms with Crippen molar-refractivity contribution < 1.29 is 9.53 Å². The second kappa shape index (κ2) is 12.0. The summed E-state index contributed by atoms with van der Waals surface area (Å²) < 4.78 is 7.39. The van der Waals surface area contributed by atoms with Crippen LogP contribution in [0.3, 0.4) is 0 Å². The number of nitrogens with zero attached hydrogens (tertiary/aromatic N) is 5. The van der Waals surface area contributed by atoms with Gasteiger partial charge in [-0.1, -0.05) is 49.0 Å². The normalized spacial score (nSPS) is 14.0. The summed E-state index contributed by atoms with van der Waals surface area (Å²) in [6, 6.07) is 10.3. The quantitative estimate of drug-likeness (QED) is 0.341. The third-order valence-corrected chi connectivity index (χ3v) is 6.61. The molecular formula is C24H32N6O2S. The minimum Gasteiger partial charge on any atom is -0.378 e. The fourth-order valence-electron chi connectivity index (χ4n) is 3.85. The van der Waals surface area contributed by atoms with Gasteiger partial charge in [-0.3, -0.25) is 4.79 Å². The number of amides is 1. The number of rotatable bonds is 11. The zero-order chi connectivity index (χ0) is 22.9. The van der Waals surface area contributed by atoms with Crippen molar-refractivity contribution in [2.75, 3.05) is 43.5 Å². The summed E-state index contributed by atoms with van der Waals surface area (Å²) in [5.41, 5.74) is 2.09. The Morgan fingerprint density at radius 2 is 2.00 bits per heavy atom. The van der Waals surface area contributed by atoms with E-state index in [1.165, 1.54) is 5.56 Å². The van der Waals surface area contributed by atoms with Crippen LogP contribution in [0.25, 0.3) is 11.0 Å². The number of aromatic nitrogens is 4. The van der Waals surface area contributed by atoms with E-state index < -0.39 is 0 Å². The van der Waals surface area contributed by atoms with Gasteiger partial charge in [-0.2, -0.15) is 5.10 Å². The lowest BCUT2D eigenvalue weighted by atomic mass is 10.1. The van der Waals surface area contributed by atoms with E-state index in [1.807, 2.05) is 29.1 Å². The summed E-state index contributed by atoms with van der Waals surface area (Å²) in [5, 5.41) is 9.32. The number of fused-ring (bicyclic) bond motifs is 1. The summed E-state index contributed by atoms with van der Waals surface area (Å²) in [6.07, 6.45) is 5.19. The smallest absolute Gasteiger partial charge is 0.220 e. The lowest BCUT2D eigenvalue weighted by Gasteiger charge is -2.28. The van der Waals surface area contributed by atoms with Crippen LogP contribution in [0.1, 0.15) is 31.7 Å². The van der Waals surface area contributed by atoms with Gasteiger partial charge in [-0.15, -0.1) is 0 Å². The number of carbonyl (C=O) groups excluding carboxylic acids is 1. The standard InChI is InChI=1S/C24H32N6O2S/c1-2-17-33-24-27-22(29-13-15-32-16-14-29)20-18-26-30(23(20)28-24)12-11-25-21(31)10-6-9-19-7-4-3-5-8-19/h3-5,7-8,18H,2,6,9-17H2,1H3,(H,25,31). The zero-order valence-corrected chi connectivity index (χ0v) is 20.0. The van der Waals surface area contributed by atoms with Crippen LogP contribution in [-0.2, 0) is 22.5 Å². The van der Waals surface area contributed by atoms with Crippen LogP contribution in [0.5, 0.6) is 0 Å². The molecule has 1 aliphatic heterocycles. The number of benzene rings is 1. The molecule has 3 aromatic rings. The number of morpholine rings is 1. The Kier molecular flexibility index (Phi) is 8.54. The molecule has 9 heteroatoms. The molecule has 0 bridgehead atoms. The number of hydrogen-bond acceptors (Lipinski definition) is 7. The van der Waals surface area contributed by atoms with E-state index in [0.717, 1.165) is 60.1 Å². The monoisotopic (exact) mass is 468 g/mol. The minimum atomic E-state index is 0.0743. The van der Waals surface area contributed by atoms with Crippen molar-refractivity contribution >= 4 is 34.5 Å². The Morgan fingerprint density at radius 1 is 1.18 bits per heavy atom. The highest BCUT2D eigenvalue weighted by atomic mass is 32.2. The Balaban J connectivity index is 1.37. The van der Waals surface area contributed by atoms with Crippen molar-refractivity contribution in [3.05, 3.63) is 42.1 Å². The van der Waals surface area contributed by atoms with E-state index in [9.17, 15) is 4.79 Å². The summed E-state index contributed by atoms with van der Waals surface area (Å²) in [6.45, 7) is 6.28. The SMILES string of the molecule is CCCSc1nc(N2CCOCC2)c2cnn(CCNC(=O)CCCc3ccccc3)c2n1. The summed E-state index contributed by atoms with van der Waals surface area (Å²) in [7, 11) is 0. The molecule has 3 heterocycles. The van der Waals surface area contributed by atoms with Gasteiger partial charge >= 0.3 is 0 Å². The van der Waals surface area contributed by atoms with Crippen LogP contribution in [0.4, 0.5) is 5.82 Å². The van der Waals surface area contributed by atoms with Crippen molar-refractivity contribution in [3.63, 3.8) is 0 Å². The Morgan fingerprint density at radius 3 is 2.79 bits per heavy atom. The first-order valence-corrected chi connectivity index (χ1v) is 12.7. The molecule has 4 rings (SSSR count). The van der Waals surface area contributed by atoms with Crippen LogP contribution in [0.2, 0.25) is 0 Å². The molecule has 0 saturated carbocycles. The highest BCUT2D eigenvalue weighted by Gasteiger charge is 2.20. The van der Waals surface area contributed by atoms with E-state index in [-0.39, 0.29) is 5.91 Å². The number of aryl methyl sites for hydroxylation is 1. The number of carbonyl (C=O) groups is 1. The molecule has 1 amide bonds. The highest BCUT2D eigenvalue weighted by Crippen LogP contribution is 2.28. The van der Waals surface area contributed by atoms with Crippen molar-refractivity contribution in [3.8, 4) is 0 Å². The van der Waals surface area contributed by atoms with E-state index in [0.29, 0.717) is 32.7 Å². The van der Waals surface area contributed by atoms with E-state index in [2.05, 4.69) is 34.4 Å². The molecule has 8 nitrogen and oxygen atoms in total. The molecule has 1 fully saturated rings. The van der Waals surface area contributed by atoms with Gasteiger partial charge in [0.1, 0.15) is 5.82 Å². The first-order valence-electron chi connectivity index (χ1n) is 11.7. The van der Waals surface area contributed by atoms with Crippen LogP contribution >= 0.6 is 11.8 Å². The molecule has 1 N–H and O–H groups in total. The number of nitrogens with one attached hydrogen (secondary N) is 1. The highest BCUT2D eigenvalue weighted by molar-refractivity contribution is 7.99. The number of ether oxygens (including phenoxy) is 1. The molecule has 2 aromatic heterocycles. The largest absolute Gasteiger partial charge is 0.378 e. The number of anilines is 1. The fourth-order valence-corrected chi connectivity index (χ4v) is 4.53. The first kappa shape index (κ1) is 23.5. The maximum Gasteiger partial charge on any atom is 0.220 e. The average molecular weight is 469 g/mol. The molecule has 1 aliphatic rings. The van der Waals surface area contributed by atoms with Crippen molar-refractivity contribution in [2.24, 2.45) is 0 Å². The van der Waals surface area contributed by atoms with Crippen LogP contribution in [0, 0.1) is 0 Å². The maximum absolute atomic E-state index is 12.3. The van der Waals surface area contributed by atoms with E-state index >= 15 is 0 Å². The predicted molar refractivity (Wildman–Crippen MR) is 132 cm³/mol. The van der Waals surface area contributed by atoms with E-state index in [4.69, 9.17) is 14.7 Å². The molecule has 176 valence electrons. The lowest BCUT2D eigenvalue weighted by Crippen LogP contribution is -2.37. The summed E-state index contributed by atoms with van der Waals surface area (Å²) in [5.74, 6) is 1.98. The van der Waals surface area contributed by atoms with Gasteiger partial charge in [0.25, 0.3) is 0 Å². The number of thioether (sulfide) groups is 1. The minimum absolute atomic E-state index is 0.0743. The third kappa shape index (κ3) is 6.45. The maximum atomic E-state index is 12.3. The van der Waals surface area contributed by atoms with Gasteiger partial charge in [0, 0.05) is 31.8 Å². The topological polar surface area (TPSA) is 85.2 Å². The fraction of sp³-hybridized carbons (Fsp3) is 0.500. The van der Waals surface area contributed by atoms with Crippen molar-refractivity contribution in [1.29, 1.82) is 0 Å². The molecule has 0 unspecified atom stereocenters. The van der Waals surface area contributed by atoms with Gasteiger partial charge in [0.05, 0.1) is 31.3 Å². The summed E-state index contributed by atoms with van der Waals surface area (Å²) >= 11 is 1.67. The molecule has 0 aliphatic carbocycles. The van der Waals surface area contributed by atoms with Crippen molar-refractivity contribution in [1.82, 2.24) is 25.1 Å². The third-order valence-electron chi connectivity index (χ3n) is 5.56. The van der Waals surface area contributed by atoms with Crippen LogP contribution in [0.15, 0.2) is 41.7 Å². The molecule has 0 atom stereocenters. The van der Waals surface area contributed by atoms with Crippen LogP contribution in [-0.4, -0.2) is 64.3 Å². The van der Waals surface area contributed by atoms with Crippen LogP contribution < -0.4 is 10.2 Å². The second-order valence-electron chi connectivity index (χ2n) is 8.07. The second-order valence-corrected chi connectivity index (χ2v) is 9.13. The average Bonchev–Trinajstić information content (AvgIpc) is 3.26. The zero-order valence-electron chi connectivity index (χ0n) is 19.2.